The van der Waals surface area contributed by atoms with Gasteiger partial charge in [0, 0.05) is 11.8 Å². The first-order valence-corrected chi connectivity index (χ1v) is 15.9. The molecule has 8 aliphatic carbocycles. The molecule has 10 unspecified atom stereocenters. The predicted octanol–water partition coefficient (Wildman–Crippen LogP) is 7.01. The summed E-state index contributed by atoms with van der Waals surface area (Å²) in [6.07, 6.45) is 18.1. The van der Waals surface area contributed by atoms with E-state index in [-0.39, 0.29) is 35.2 Å². The van der Waals surface area contributed by atoms with Gasteiger partial charge in [0.1, 0.15) is 17.5 Å². The molecule has 1 spiro atoms. The second kappa shape index (κ2) is 8.88. The number of benzene rings is 1. The van der Waals surface area contributed by atoms with Crippen LogP contribution in [0, 0.1) is 35.0 Å². The van der Waals surface area contributed by atoms with Crippen molar-refractivity contribution in [3.05, 3.63) is 65.1 Å². The predicted molar refractivity (Wildman–Crippen MR) is 149 cm³/mol. The Morgan fingerprint density at radius 3 is 2.54 bits per heavy atom. The van der Waals surface area contributed by atoms with E-state index in [1.165, 1.54) is 34.6 Å². The molecule has 10 atom stereocenters. The molecule has 9 rings (SSSR count). The lowest BCUT2D eigenvalue weighted by Gasteiger charge is -2.65. The van der Waals surface area contributed by atoms with E-state index in [2.05, 4.69) is 75.4 Å². The fourth-order valence-electron chi connectivity index (χ4n) is 9.17. The van der Waals surface area contributed by atoms with E-state index in [0.717, 1.165) is 43.4 Å². The maximum Gasteiger partial charge on any atom is 0.332 e. The van der Waals surface area contributed by atoms with Crippen molar-refractivity contribution in [1.82, 2.24) is 0 Å². The first-order chi connectivity index (χ1) is 17.9. The Morgan fingerprint density at radius 2 is 1.84 bits per heavy atom. The van der Waals surface area contributed by atoms with Gasteiger partial charge in [0.05, 0.1) is 17.0 Å². The van der Waals surface area contributed by atoms with E-state index in [4.69, 9.17) is 9.47 Å². The van der Waals surface area contributed by atoms with Crippen LogP contribution >= 0.6 is 0 Å². The summed E-state index contributed by atoms with van der Waals surface area (Å²) in [6, 6.07) is 11.0. The van der Waals surface area contributed by atoms with Crippen LogP contribution in [0.25, 0.3) is 0 Å². The minimum absolute atomic E-state index is 0.000451. The quantitative estimate of drug-likeness (QED) is 0.222. The number of esters is 1. The van der Waals surface area contributed by atoms with E-state index in [1.807, 2.05) is 0 Å². The molecule has 0 aliphatic heterocycles. The Balaban J connectivity index is 1.03. The number of allylic oxidation sites excluding steroid dienone is 3. The Bertz CT molecular complexity index is 1170. The largest absolute Gasteiger partial charge is 0.457 e. The third-order valence-corrected chi connectivity index (χ3v) is 13.2. The molecule has 0 heterocycles. The van der Waals surface area contributed by atoms with Crippen molar-refractivity contribution in [3.8, 4) is 0 Å². The molecule has 4 heteroatoms. The van der Waals surface area contributed by atoms with Gasteiger partial charge in [-0.15, -0.1) is 0 Å². The Hall–Kier alpha value is -1.78. The molecule has 0 N–H and O–H groups in total. The average molecular weight is 518 g/mol. The number of rotatable bonds is 7. The summed E-state index contributed by atoms with van der Waals surface area (Å²) < 4.78 is 12.6. The SMILES string of the molecule is CC1=CC([S+](C2=CCC(C)C=C2)c2ccccc2)CC(C)C1OCC(=O)OC12CC3CC(C1)C21CC1C3. The van der Waals surface area contributed by atoms with Crippen molar-refractivity contribution in [2.24, 2.45) is 35.0 Å². The third kappa shape index (κ3) is 3.84. The number of carbonyl (C=O) groups excluding carboxylic acids is 1. The third-order valence-electron chi connectivity index (χ3n) is 10.7. The molecule has 4 bridgehead atoms. The lowest BCUT2D eigenvalue weighted by atomic mass is 9.44. The monoisotopic (exact) mass is 517 g/mol. The Labute approximate surface area is 225 Å². The molecule has 0 amide bonds. The topological polar surface area (TPSA) is 35.5 Å². The molecule has 37 heavy (non-hydrogen) atoms. The minimum Gasteiger partial charge on any atom is -0.457 e. The summed E-state index contributed by atoms with van der Waals surface area (Å²) in [7, 11) is -0.000451. The van der Waals surface area contributed by atoms with Crippen LogP contribution in [-0.4, -0.2) is 29.5 Å². The van der Waals surface area contributed by atoms with Gasteiger partial charge in [-0.3, -0.25) is 0 Å². The van der Waals surface area contributed by atoms with Crippen LogP contribution in [0.5, 0.6) is 0 Å². The molecular formula is C33H41O3S+. The van der Waals surface area contributed by atoms with E-state index >= 15 is 0 Å². The van der Waals surface area contributed by atoms with Gasteiger partial charge in [-0.05, 0) is 111 Å². The summed E-state index contributed by atoms with van der Waals surface area (Å²) in [6.45, 7) is 6.86. The summed E-state index contributed by atoms with van der Waals surface area (Å²) in [5.41, 5.74) is 1.49. The molecule has 0 saturated heterocycles. The van der Waals surface area contributed by atoms with Gasteiger partial charge >= 0.3 is 5.97 Å². The van der Waals surface area contributed by atoms with E-state index in [9.17, 15) is 4.79 Å². The highest BCUT2D eigenvalue weighted by molar-refractivity contribution is 8.01. The van der Waals surface area contributed by atoms with Gasteiger partial charge in [-0.25, -0.2) is 4.79 Å². The van der Waals surface area contributed by atoms with Gasteiger partial charge in [-0.2, -0.15) is 0 Å². The molecule has 196 valence electrons. The standard InChI is InChI=1S/C33H41O3S/c1-21-9-11-28(12-10-21)37(27-7-5-4-6-8-27)29-13-22(2)31(23(3)14-29)35-20-30(34)36-32-17-24-15-25(18-32)33(32)19-26(33)16-24/h4-9,11-13,21,23-26,29,31H,10,14-20H2,1-3H3/q+1. The normalized spacial score (nSPS) is 43.7. The average Bonchev–Trinajstić information content (AvgIpc) is 3.64. The highest BCUT2D eigenvalue weighted by Gasteiger charge is 2.83. The molecule has 0 radical (unpaired) electrons. The Morgan fingerprint density at radius 1 is 1.05 bits per heavy atom. The van der Waals surface area contributed by atoms with Crippen molar-refractivity contribution in [3.63, 3.8) is 0 Å². The summed E-state index contributed by atoms with van der Waals surface area (Å²) in [5.74, 6) is 3.29. The lowest BCUT2D eigenvalue weighted by Crippen LogP contribution is -2.66. The molecule has 8 aliphatic rings. The van der Waals surface area contributed by atoms with Crippen molar-refractivity contribution >= 4 is 16.9 Å². The molecule has 3 nitrogen and oxygen atoms in total. The first-order valence-electron chi connectivity index (χ1n) is 14.6. The van der Waals surface area contributed by atoms with E-state index in [0.29, 0.717) is 22.5 Å². The zero-order valence-corrected chi connectivity index (χ0v) is 23.3. The van der Waals surface area contributed by atoms with Gasteiger partial charge in [0.15, 0.2) is 9.80 Å². The molecule has 1 aromatic carbocycles. The van der Waals surface area contributed by atoms with Crippen molar-refractivity contribution in [2.45, 2.75) is 87.6 Å². The van der Waals surface area contributed by atoms with Crippen LogP contribution in [0.1, 0.15) is 65.7 Å². The second-order valence-corrected chi connectivity index (χ2v) is 15.3. The number of hydrogen-bond acceptors (Lipinski definition) is 3. The summed E-state index contributed by atoms with van der Waals surface area (Å²) >= 11 is 0. The van der Waals surface area contributed by atoms with Crippen molar-refractivity contribution in [1.29, 1.82) is 0 Å². The van der Waals surface area contributed by atoms with Crippen LogP contribution in [0.3, 0.4) is 0 Å². The molecule has 0 aromatic heterocycles. The van der Waals surface area contributed by atoms with Crippen LogP contribution in [-0.2, 0) is 25.2 Å². The summed E-state index contributed by atoms with van der Waals surface area (Å²) in [5, 5.41) is 0.447. The smallest absolute Gasteiger partial charge is 0.332 e. The van der Waals surface area contributed by atoms with Gasteiger partial charge < -0.3 is 9.47 Å². The zero-order chi connectivity index (χ0) is 25.4. The van der Waals surface area contributed by atoms with Crippen LogP contribution in [0.4, 0.5) is 0 Å². The minimum atomic E-state index is -0.138. The fraction of sp³-hybridized carbons (Fsp3) is 0.606. The number of hydrogen-bond donors (Lipinski definition) is 0. The van der Waals surface area contributed by atoms with Crippen LogP contribution < -0.4 is 0 Å². The van der Waals surface area contributed by atoms with Gasteiger partial charge in [-0.1, -0.05) is 38.1 Å². The summed E-state index contributed by atoms with van der Waals surface area (Å²) in [4.78, 5) is 15.9. The van der Waals surface area contributed by atoms with Crippen molar-refractivity contribution in [2.75, 3.05) is 6.61 Å². The Kier molecular flexibility index (Phi) is 5.82. The zero-order valence-electron chi connectivity index (χ0n) is 22.5. The lowest BCUT2D eigenvalue weighted by molar-refractivity contribution is -0.254. The van der Waals surface area contributed by atoms with Crippen molar-refractivity contribution < 1.29 is 14.3 Å². The number of carbonyl (C=O) groups is 1. The number of ether oxygens (including phenoxy) is 2. The fourth-order valence-corrected chi connectivity index (χ4v) is 11.9. The molecule has 6 saturated carbocycles. The van der Waals surface area contributed by atoms with E-state index in [1.54, 1.807) is 0 Å². The highest BCUT2D eigenvalue weighted by Crippen LogP contribution is 2.84. The first kappa shape index (κ1) is 24.3. The maximum absolute atomic E-state index is 13.0. The second-order valence-electron chi connectivity index (χ2n) is 13.1. The molecule has 6 fully saturated rings. The molecular weight excluding hydrogens is 476 g/mol. The highest BCUT2D eigenvalue weighted by atomic mass is 32.2. The van der Waals surface area contributed by atoms with Gasteiger partial charge in [0.2, 0.25) is 0 Å². The van der Waals surface area contributed by atoms with Crippen LogP contribution in [0.2, 0.25) is 0 Å². The maximum atomic E-state index is 13.0. The van der Waals surface area contributed by atoms with Crippen LogP contribution in [0.15, 0.2) is 70.0 Å². The molecule has 1 aromatic rings. The van der Waals surface area contributed by atoms with Gasteiger partial charge in [0.25, 0.3) is 0 Å². The van der Waals surface area contributed by atoms with E-state index < -0.39 is 0 Å².